The van der Waals surface area contributed by atoms with Crippen molar-refractivity contribution in [1.29, 1.82) is 0 Å². The largest absolute Gasteiger partial charge is 0.424 e. The first-order chi connectivity index (χ1) is 17.1. The van der Waals surface area contributed by atoms with E-state index in [9.17, 15) is 4.79 Å². The standard InChI is InChI=1S/C27H28N6O2/c1-20-16-21(2)33(30-20)26(19-34)32-14-12-31(13-15-32)25-11-7-6-10-24(25)22-17-28-27(29-18-22)35-23-8-4-3-5-9-23/h3-11,16-19,26H,12-15H2,1-2H3. The van der Waals surface area contributed by atoms with Gasteiger partial charge in [0.25, 0.3) is 0 Å². The first-order valence-corrected chi connectivity index (χ1v) is 11.7. The van der Waals surface area contributed by atoms with E-state index in [1.807, 2.05) is 67.1 Å². The van der Waals surface area contributed by atoms with Crippen LogP contribution in [0.15, 0.2) is 73.1 Å². The van der Waals surface area contributed by atoms with Crippen molar-refractivity contribution < 1.29 is 9.53 Å². The summed E-state index contributed by atoms with van der Waals surface area (Å²) in [4.78, 5) is 25.3. The number of aromatic nitrogens is 4. The third-order valence-electron chi connectivity index (χ3n) is 6.24. The Bertz CT molecular complexity index is 1280. The SMILES string of the molecule is Cc1cc(C)n(C(C=O)N2CCN(c3ccccc3-c3cnc(Oc4ccccc4)nc3)CC2)n1. The molecule has 0 N–H and O–H groups in total. The molecule has 1 unspecified atom stereocenters. The fourth-order valence-electron chi connectivity index (χ4n) is 4.54. The predicted octanol–water partition coefficient (Wildman–Crippen LogP) is 4.27. The molecule has 0 bridgehead atoms. The predicted molar refractivity (Wildman–Crippen MR) is 135 cm³/mol. The van der Waals surface area contributed by atoms with Gasteiger partial charge in [-0.3, -0.25) is 9.69 Å². The van der Waals surface area contributed by atoms with Crippen LogP contribution >= 0.6 is 0 Å². The molecule has 1 atom stereocenters. The highest BCUT2D eigenvalue weighted by Gasteiger charge is 2.27. The van der Waals surface area contributed by atoms with Crippen molar-refractivity contribution in [2.45, 2.75) is 20.0 Å². The van der Waals surface area contributed by atoms with Crippen LogP contribution in [0.3, 0.4) is 0 Å². The lowest BCUT2D eigenvalue weighted by Gasteiger charge is -2.39. The number of piperazine rings is 1. The van der Waals surface area contributed by atoms with E-state index in [1.54, 1.807) is 12.4 Å². The van der Waals surface area contributed by atoms with Gasteiger partial charge in [0.15, 0.2) is 12.5 Å². The molecule has 35 heavy (non-hydrogen) atoms. The second-order valence-corrected chi connectivity index (χ2v) is 8.63. The Balaban J connectivity index is 1.30. The third-order valence-corrected chi connectivity index (χ3v) is 6.24. The van der Waals surface area contributed by atoms with Crippen molar-refractivity contribution in [3.05, 3.63) is 84.4 Å². The molecule has 8 heteroatoms. The van der Waals surface area contributed by atoms with E-state index in [4.69, 9.17) is 4.74 Å². The molecular formula is C27H28N6O2. The molecule has 0 aliphatic carbocycles. The number of aryl methyl sites for hydroxylation is 2. The number of rotatable bonds is 7. The van der Waals surface area contributed by atoms with Gasteiger partial charge in [-0.15, -0.1) is 0 Å². The van der Waals surface area contributed by atoms with Crippen LogP contribution in [-0.2, 0) is 4.79 Å². The maximum atomic E-state index is 12.0. The molecular weight excluding hydrogens is 440 g/mol. The average Bonchev–Trinajstić information content (AvgIpc) is 3.23. The van der Waals surface area contributed by atoms with E-state index >= 15 is 0 Å². The lowest BCUT2D eigenvalue weighted by Crippen LogP contribution is -2.49. The maximum Gasteiger partial charge on any atom is 0.321 e. The third kappa shape index (κ3) is 4.93. The maximum absolute atomic E-state index is 12.0. The summed E-state index contributed by atoms with van der Waals surface area (Å²) in [5.74, 6) is 0.701. The Hall–Kier alpha value is -4.04. The van der Waals surface area contributed by atoms with Gasteiger partial charge in [-0.25, -0.2) is 14.6 Å². The molecule has 0 radical (unpaired) electrons. The van der Waals surface area contributed by atoms with Gasteiger partial charge in [0.2, 0.25) is 0 Å². The summed E-state index contributed by atoms with van der Waals surface area (Å²) in [6.07, 6.45) is 4.20. The molecule has 4 aromatic rings. The van der Waals surface area contributed by atoms with Crippen LogP contribution in [0.4, 0.5) is 5.69 Å². The molecule has 0 amide bonds. The highest BCUT2D eigenvalue weighted by atomic mass is 16.5. The zero-order valence-corrected chi connectivity index (χ0v) is 19.9. The zero-order chi connectivity index (χ0) is 24.2. The van der Waals surface area contributed by atoms with Crippen LogP contribution in [0, 0.1) is 13.8 Å². The number of para-hydroxylation sites is 2. The second-order valence-electron chi connectivity index (χ2n) is 8.63. The second kappa shape index (κ2) is 10.1. The topological polar surface area (TPSA) is 76.4 Å². The number of hydrogen-bond acceptors (Lipinski definition) is 7. The van der Waals surface area contributed by atoms with E-state index < -0.39 is 0 Å². The molecule has 5 rings (SSSR count). The van der Waals surface area contributed by atoms with E-state index in [2.05, 4.69) is 37.0 Å². The van der Waals surface area contributed by atoms with Crippen LogP contribution in [-0.4, -0.2) is 57.1 Å². The number of hydrogen-bond donors (Lipinski definition) is 0. The Labute approximate surface area is 204 Å². The summed E-state index contributed by atoms with van der Waals surface area (Å²) in [7, 11) is 0. The summed E-state index contributed by atoms with van der Waals surface area (Å²) >= 11 is 0. The fraction of sp³-hybridized carbons (Fsp3) is 0.259. The Morgan fingerprint density at radius 3 is 2.26 bits per heavy atom. The van der Waals surface area contributed by atoms with Crippen molar-refractivity contribution in [3.63, 3.8) is 0 Å². The Morgan fingerprint density at radius 2 is 1.60 bits per heavy atom. The summed E-state index contributed by atoms with van der Waals surface area (Å²) in [6.45, 7) is 7.06. The van der Waals surface area contributed by atoms with Crippen LogP contribution in [0.1, 0.15) is 17.6 Å². The van der Waals surface area contributed by atoms with Crippen molar-refractivity contribution in [2.75, 3.05) is 31.1 Å². The van der Waals surface area contributed by atoms with E-state index in [0.29, 0.717) is 11.8 Å². The number of ether oxygens (including phenoxy) is 1. The summed E-state index contributed by atoms with van der Waals surface area (Å²) < 4.78 is 7.55. The van der Waals surface area contributed by atoms with E-state index in [0.717, 1.165) is 60.7 Å². The van der Waals surface area contributed by atoms with Crippen molar-refractivity contribution in [2.24, 2.45) is 0 Å². The molecule has 1 fully saturated rings. The molecule has 2 aromatic carbocycles. The minimum Gasteiger partial charge on any atom is -0.424 e. The van der Waals surface area contributed by atoms with E-state index in [-0.39, 0.29) is 6.17 Å². The van der Waals surface area contributed by atoms with Crippen LogP contribution in [0.2, 0.25) is 0 Å². The summed E-state index contributed by atoms with van der Waals surface area (Å²) in [6, 6.07) is 20.1. The van der Waals surface area contributed by atoms with Gasteiger partial charge in [-0.2, -0.15) is 5.10 Å². The van der Waals surface area contributed by atoms with Crippen LogP contribution in [0.25, 0.3) is 11.1 Å². The molecule has 2 aromatic heterocycles. The monoisotopic (exact) mass is 468 g/mol. The van der Waals surface area contributed by atoms with Crippen molar-refractivity contribution >= 4 is 12.0 Å². The van der Waals surface area contributed by atoms with Gasteiger partial charge >= 0.3 is 6.01 Å². The smallest absolute Gasteiger partial charge is 0.321 e. The average molecular weight is 469 g/mol. The number of carbonyl (C=O) groups excluding carboxylic acids is 1. The summed E-state index contributed by atoms with van der Waals surface area (Å²) in [5.41, 5.74) is 5.03. The van der Waals surface area contributed by atoms with Gasteiger partial charge in [0, 0.05) is 61.1 Å². The quantitative estimate of drug-likeness (QED) is 0.375. The van der Waals surface area contributed by atoms with Gasteiger partial charge in [0.1, 0.15) is 5.75 Å². The minimum absolute atomic E-state index is 0.315. The zero-order valence-electron chi connectivity index (χ0n) is 19.9. The van der Waals surface area contributed by atoms with Gasteiger partial charge in [-0.05, 0) is 38.1 Å². The van der Waals surface area contributed by atoms with Crippen LogP contribution < -0.4 is 9.64 Å². The molecule has 0 saturated carbocycles. The first-order valence-electron chi connectivity index (χ1n) is 11.7. The fourth-order valence-corrected chi connectivity index (χ4v) is 4.54. The summed E-state index contributed by atoms with van der Waals surface area (Å²) in [5, 5.41) is 4.53. The van der Waals surface area contributed by atoms with Crippen LogP contribution in [0.5, 0.6) is 11.8 Å². The molecule has 8 nitrogen and oxygen atoms in total. The van der Waals surface area contributed by atoms with Gasteiger partial charge in [-0.1, -0.05) is 36.4 Å². The van der Waals surface area contributed by atoms with Gasteiger partial charge < -0.3 is 9.64 Å². The Morgan fingerprint density at radius 1 is 0.914 bits per heavy atom. The highest BCUT2D eigenvalue weighted by Crippen LogP contribution is 2.32. The number of benzene rings is 2. The molecule has 0 spiro atoms. The van der Waals surface area contributed by atoms with Gasteiger partial charge in [0.05, 0.1) is 5.69 Å². The number of carbonyl (C=O) groups is 1. The lowest BCUT2D eigenvalue weighted by atomic mass is 10.1. The number of nitrogens with zero attached hydrogens (tertiary/aromatic N) is 6. The normalized spacial score (nSPS) is 15.1. The minimum atomic E-state index is -0.383. The highest BCUT2D eigenvalue weighted by molar-refractivity contribution is 5.78. The molecule has 178 valence electrons. The van der Waals surface area contributed by atoms with Crippen molar-refractivity contribution in [3.8, 4) is 22.9 Å². The molecule has 3 heterocycles. The molecule has 1 saturated heterocycles. The first kappa shape index (κ1) is 22.7. The molecule has 1 aliphatic heterocycles. The van der Waals surface area contributed by atoms with E-state index in [1.165, 1.54) is 0 Å². The van der Waals surface area contributed by atoms with Crippen molar-refractivity contribution in [1.82, 2.24) is 24.6 Å². The molecule has 1 aliphatic rings. The number of aldehydes is 1. The Kier molecular flexibility index (Phi) is 6.54. The lowest BCUT2D eigenvalue weighted by molar-refractivity contribution is -0.116. The number of anilines is 1.